The second kappa shape index (κ2) is 6.67. The molecule has 2 aromatic heterocycles. The van der Waals surface area contributed by atoms with E-state index in [-0.39, 0.29) is 11.1 Å². The molecular weight excluding hydrogens is 364 g/mol. The van der Waals surface area contributed by atoms with Crippen LogP contribution in [0.5, 0.6) is 0 Å². The summed E-state index contributed by atoms with van der Waals surface area (Å²) in [6, 6.07) is 11.5. The van der Waals surface area contributed by atoms with Crippen LogP contribution in [0.3, 0.4) is 0 Å². The average molecular weight is 393 g/mol. The Morgan fingerprint density at radius 1 is 0.655 bits per heavy atom. The second-order valence-corrected chi connectivity index (χ2v) is 9.61. The van der Waals surface area contributed by atoms with Gasteiger partial charge in [-0.3, -0.25) is 19.4 Å². The summed E-state index contributed by atoms with van der Waals surface area (Å²) in [6.45, 7) is 6.99. The summed E-state index contributed by atoms with van der Waals surface area (Å²) < 4.78 is 4.02. The van der Waals surface area contributed by atoms with E-state index in [2.05, 4.69) is 21.9 Å². The zero-order chi connectivity index (χ0) is 19.5. The minimum absolute atomic E-state index is 0.156. The number of pyridine rings is 2. The molecule has 6 nitrogen and oxygen atoms in total. The molecule has 2 fully saturated rings. The van der Waals surface area contributed by atoms with Crippen molar-refractivity contribution in [2.24, 2.45) is 11.8 Å². The summed E-state index contributed by atoms with van der Waals surface area (Å²) >= 11 is 0. The van der Waals surface area contributed by atoms with Gasteiger partial charge < -0.3 is 9.13 Å². The van der Waals surface area contributed by atoms with Crippen molar-refractivity contribution in [2.75, 3.05) is 32.8 Å². The molecule has 4 aliphatic heterocycles. The van der Waals surface area contributed by atoms with Crippen molar-refractivity contribution >= 4 is 0 Å². The van der Waals surface area contributed by atoms with Crippen LogP contribution in [-0.2, 0) is 13.1 Å². The van der Waals surface area contributed by atoms with E-state index in [1.54, 1.807) is 12.1 Å². The van der Waals surface area contributed by atoms with Gasteiger partial charge >= 0.3 is 0 Å². The first-order valence-corrected chi connectivity index (χ1v) is 11.0. The molecule has 6 rings (SSSR count). The summed E-state index contributed by atoms with van der Waals surface area (Å²) in [4.78, 5) is 29.7. The van der Waals surface area contributed by atoms with Crippen LogP contribution < -0.4 is 11.1 Å². The molecule has 0 spiro atoms. The monoisotopic (exact) mass is 392 g/mol. The van der Waals surface area contributed by atoms with Crippen molar-refractivity contribution in [1.82, 2.24) is 18.9 Å². The third-order valence-electron chi connectivity index (χ3n) is 7.51. The van der Waals surface area contributed by atoms with Gasteiger partial charge in [-0.1, -0.05) is 12.1 Å². The van der Waals surface area contributed by atoms with Crippen molar-refractivity contribution < 1.29 is 0 Å². The highest BCUT2D eigenvalue weighted by Crippen LogP contribution is 2.37. The lowest BCUT2D eigenvalue weighted by Gasteiger charge is -2.47. The van der Waals surface area contributed by atoms with E-state index < -0.39 is 0 Å². The number of piperidine rings is 2. The van der Waals surface area contributed by atoms with Crippen LogP contribution in [-0.4, -0.2) is 51.8 Å². The Kier molecular flexibility index (Phi) is 4.06. The van der Waals surface area contributed by atoms with Crippen LogP contribution in [0, 0.1) is 11.8 Å². The second-order valence-electron chi connectivity index (χ2n) is 9.61. The van der Waals surface area contributed by atoms with E-state index in [0.717, 1.165) is 45.9 Å². The molecule has 2 aromatic rings. The summed E-state index contributed by atoms with van der Waals surface area (Å²) in [5.41, 5.74) is 2.76. The molecule has 4 atom stereocenters. The molecule has 6 heterocycles. The topological polar surface area (TPSA) is 50.5 Å². The van der Waals surface area contributed by atoms with E-state index in [1.165, 1.54) is 24.2 Å². The molecule has 0 aliphatic carbocycles. The van der Waals surface area contributed by atoms with Crippen molar-refractivity contribution in [2.45, 2.75) is 37.8 Å². The lowest BCUT2D eigenvalue weighted by Crippen LogP contribution is -2.54. The molecule has 3 unspecified atom stereocenters. The highest BCUT2D eigenvalue weighted by Gasteiger charge is 2.38. The molecule has 152 valence electrons. The largest absolute Gasteiger partial charge is 0.312 e. The van der Waals surface area contributed by atoms with E-state index in [9.17, 15) is 9.59 Å². The van der Waals surface area contributed by atoms with Crippen LogP contribution >= 0.6 is 0 Å². The molecule has 0 amide bonds. The number of aromatic nitrogens is 2. The summed E-state index contributed by atoms with van der Waals surface area (Å²) in [5, 5.41) is 0. The highest BCUT2D eigenvalue weighted by atomic mass is 16.1. The maximum Gasteiger partial charge on any atom is 0.250 e. The van der Waals surface area contributed by atoms with Gasteiger partial charge in [0.25, 0.3) is 11.1 Å². The molecule has 0 radical (unpaired) electrons. The number of hydrogen-bond donors (Lipinski definition) is 0. The van der Waals surface area contributed by atoms with Gasteiger partial charge in [-0.25, -0.2) is 0 Å². The fourth-order valence-corrected chi connectivity index (χ4v) is 6.50. The molecule has 0 aromatic carbocycles. The van der Waals surface area contributed by atoms with Gasteiger partial charge in [0.15, 0.2) is 0 Å². The first-order valence-electron chi connectivity index (χ1n) is 11.0. The highest BCUT2D eigenvalue weighted by molar-refractivity contribution is 5.18. The Morgan fingerprint density at radius 3 is 1.62 bits per heavy atom. The molecule has 4 aliphatic rings. The van der Waals surface area contributed by atoms with E-state index in [0.29, 0.717) is 23.7 Å². The van der Waals surface area contributed by atoms with Gasteiger partial charge in [-0.05, 0) is 36.8 Å². The van der Waals surface area contributed by atoms with Crippen molar-refractivity contribution in [3.05, 3.63) is 68.5 Å². The summed E-state index contributed by atoms with van der Waals surface area (Å²) in [5.74, 6) is 2.09. The zero-order valence-electron chi connectivity index (χ0n) is 16.7. The van der Waals surface area contributed by atoms with Gasteiger partial charge in [0, 0.05) is 74.6 Å². The number of hydrogen-bond acceptors (Lipinski definition) is 4. The van der Waals surface area contributed by atoms with Crippen molar-refractivity contribution in [3.63, 3.8) is 0 Å². The standard InChI is InChI=1S/C23H28N4O2/c28-22-5-1-3-20-18-7-16(11-26(20)22)9-24(13-18)15-25-10-17-8-19(14-25)21-4-2-6-23(29)27(21)12-17/h1-6,16-19H,7-15H2/t16?,17?,18-,19?/m0/s1. The van der Waals surface area contributed by atoms with Crippen molar-refractivity contribution in [3.8, 4) is 0 Å². The van der Waals surface area contributed by atoms with E-state index in [4.69, 9.17) is 0 Å². The smallest absolute Gasteiger partial charge is 0.250 e. The van der Waals surface area contributed by atoms with Crippen molar-refractivity contribution in [1.29, 1.82) is 0 Å². The van der Waals surface area contributed by atoms with Gasteiger partial charge in [0.1, 0.15) is 0 Å². The predicted octanol–water partition coefficient (Wildman–Crippen LogP) is 1.51. The number of fused-ring (bicyclic) bond motifs is 8. The Morgan fingerprint density at radius 2 is 1.14 bits per heavy atom. The maximum atomic E-state index is 12.2. The summed E-state index contributed by atoms with van der Waals surface area (Å²) in [6.07, 6.45) is 2.42. The quantitative estimate of drug-likeness (QED) is 0.777. The van der Waals surface area contributed by atoms with Crippen LogP contribution in [0.15, 0.2) is 46.0 Å². The van der Waals surface area contributed by atoms with Gasteiger partial charge in [-0.15, -0.1) is 0 Å². The molecule has 29 heavy (non-hydrogen) atoms. The minimum Gasteiger partial charge on any atom is -0.312 e. The first-order chi connectivity index (χ1) is 14.1. The fraction of sp³-hybridized carbons (Fsp3) is 0.565. The molecule has 6 heteroatoms. The lowest BCUT2D eigenvalue weighted by atomic mass is 9.82. The third-order valence-corrected chi connectivity index (χ3v) is 7.51. The SMILES string of the molecule is O=c1cccc2n1CC1CC2CN(CN2CC3C[C@@H](C2)c2cccc(=O)n2C3)C1. The minimum atomic E-state index is 0.156. The molecule has 0 N–H and O–H groups in total. The normalized spacial score (nSPS) is 31.2. The molecule has 4 bridgehead atoms. The van der Waals surface area contributed by atoms with Gasteiger partial charge in [0.05, 0.1) is 6.67 Å². The Hall–Kier alpha value is -2.18. The van der Waals surface area contributed by atoms with Crippen LogP contribution in [0.2, 0.25) is 0 Å². The average Bonchev–Trinajstić information content (AvgIpc) is 2.70. The number of rotatable bonds is 2. The van der Waals surface area contributed by atoms with E-state index >= 15 is 0 Å². The molecule has 0 saturated carbocycles. The zero-order valence-corrected chi connectivity index (χ0v) is 16.7. The first kappa shape index (κ1) is 17.7. The Bertz CT molecular complexity index is 974. The number of nitrogens with zero attached hydrogens (tertiary/aromatic N) is 4. The van der Waals surface area contributed by atoms with Crippen LogP contribution in [0.4, 0.5) is 0 Å². The van der Waals surface area contributed by atoms with Gasteiger partial charge in [-0.2, -0.15) is 0 Å². The maximum absolute atomic E-state index is 12.2. The number of likely N-dealkylation sites (tertiary alicyclic amines) is 2. The third kappa shape index (κ3) is 3.01. The Labute approximate surface area is 170 Å². The van der Waals surface area contributed by atoms with Crippen LogP contribution in [0.1, 0.15) is 36.1 Å². The van der Waals surface area contributed by atoms with Crippen LogP contribution in [0.25, 0.3) is 0 Å². The fourth-order valence-electron chi connectivity index (χ4n) is 6.50. The molecule has 2 saturated heterocycles. The molecular formula is C23H28N4O2. The van der Waals surface area contributed by atoms with Gasteiger partial charge in [0.2, 0.25) is 0 Å². The lowest BCUT2D eigenvalue weighted by molar-refractivity contribution is 0.0266. The summed E-state index contributed by atoms with van der Waals surface area (Å²) in [7, 11) is 0. The van der Waals surface area contributed by atoms with E-state index in [1.807, 2.05) is 21.3 Å². The predicted molar refractivity (Wildman–Crippen MR) is 111 cm³/mol. The Balaban J connectivity index is 1.19.